The molecule has 0 aromatic rings. The van der Waals surface area contributed by atoms with Crippen LogP contribution in [0.25, 0.3) is 0 Å². The van der Waals surface area contributed by atoms with Crippen LogP contribution < -0.4 is 5.73 Å². The van der Waals surface area contributed by atoms with Crippen LogP contribution in [0.3, 0.4) is 0 Å². The van der Waals surface area contributed by atoms with Crippen LogP contribution in [0.5, 0.6) is 0 Å². The lowest BCUT2D eigenvalue weighted by atomic mass is 9.93. The molecule has 3 N–H and O–H groups in total. The summed E-state index contributed by atoms with van der Waals surface area (Å²) < 4.78 is 0. The highest BCUT2D eigenvalue weighted by Crippen LogP contribution is 2.31. The summed E-state index contributed by atoms with van der Waals surface area (Å²) in [5, 5.41) is 9.70. The molecule has 2 aliphatic rings. The topological polar surface area (TPSA) is 49.5 Å². The minimum absolute atomic E-state index is 0.151. The second-order valence-electron chi connectivity index (χ2n) is 5.99. The first-order chi connectivity index (χ1) is 8.22. The van der Waals surface area contributed by atoms with Crippen molar-refractivity contribution < 1.29 is 5.11 Å². The number of aliphatic hydroxyl groups excluding tert-OH is 1. The molecule has 2 rings (SSSR count). The highest BCUT2D eigenvalue weighted by atomic mass is 16.3. The van der Waals surface area contributed by atoms with Crippen LogP contribution >= 0.6 is 0 Å². The van der Waals surface area contributed by atoms with E-state index in [1.807, 2.05) is 6.92 Å². The Hall–Kier alpha value is -0.120. The number of hydrogen-bond acceptors (Lipinski definition) is 3. The molecule has 1 aliphatic heterocycles. The molecule has 1 aliphatic carbocycles. The highest BCUT2D eigenvalue weighted by Gasteiger charge is 2.34. The SMILES string of the molecule is CC(O)C1CCN(C2CCCCCC2CN)C1. The molecule has 4 unspecified atom stereocenters. The predicted molar refractivity (Wildman–Crippen MR) is 70.8 cm³/mol. The summed E-state index contributed by atoms with van der Waals surface area (Å²) in [6.45, 7) is 5.01. The molecule has 1 saturated heterocycles. The Morgan fingerprint density at radius 3 is 2.65 bits per heavy atom. The minimum Gasteiger partial charge on any atom is -0.393 e. The summed E-state index contributed by atoms with van der Waals surface area (Å²) in [5.74, 6) is 1.17. The molecule has 4 atom stereocenters. The summed E-state index contributed by atoms with van der Waals surface area (Å²) in [6.07, 6.45) is 7.71. The Bertz CT molecular complexity index is 232. The molecule has 1 saturated carbocycles. The van der Waals surface area contributed by atoms with Crippen molar-refractivity contribution in [1.82, 2.24) is 4.90 Å². The van der Waals surface area contributed by atoms with Crippen molar-refractivity contribution in [1.29, 1.82) is 0 Å². The third-order valence-electron chi connectivity index (χ3n) is 4.83. The van der Waals surface area contributed by atoms with Gasteiger partial charge >= 0.3 is 0 Å². The van der Waals surface area contributed by atoms with E-state index in [0.717, 1.165) is 26.1 Å². The lowest BCUT2D eigenvalue weighted by molar-refractivity contribution is 0.110. The number of nitrogens with two attached hydrogens (primary N) is 1. The summed E-state index contributed by atoms with van der Waals surface area (Å²) in [4.78, 5) is 2.61. The van der Waals surface area contributed by atoms with E-state index in [2.05, 4.69) is 4.90 Å². The van der Waals surface area contributed by atoms with E-state index in [4.69, 9.17) is 5.73 Å². The van der Waals surface area contributed by atoms with E-state index in [9.17, 15) is 5.11 Å². The molecular weight excluding hydrogens is 212 g/mol. The second-order valence-corrected chi connectivity index (χ2v) is 5.99. The Kier molecular flexibility index (Phi) is 4.83. The van der Waals surface area contributed by atoms with Crippen LogP contribution in [-0.2, 0) is 0 Å². The van der Waals surface area contributed by atoms with Crippen LogP contribution in [0.15, 0.2) is 0 Å². The number of nitrogens with zero attached hydrogens (tertiary/aromatic N) is 1. The van der Waals surface area contributed by atoms with Gasteiger partial charge in [-0.25, -0.2) is 0 Å². The maximum absolute atomic E-state index is 9.70. The highest BCUT2D eigenvalue weighted by molar-refractivity contribution is 4.88. The number of hydrogen-bond donors (Lipinski definition) is 2. The lowest BCUT2D eigenvalue weighted by Crippen LogP contribution is -2.42. The summed E-state index contributed by atoms with van der Waals surface area (Å²) in [6, 6.07) is 0.686. The third-order valence-corrected chi connectivity index (χ3v) is 4.83. The van der Waals surface area contributed by atoms with Gasteiger partial charge in [0.15, 0.2) is 0 Å². The van der Waals surface area contributed by atoms with Gasteiger partial charge in [-0.15, -0.1) is 0 Å². The average molecular weight is 240 g/mol. The van der Waals surface area contributed by atoms with Crippen LogP contribution in [-0.4, -0.2) is 41.8 Å². The molecule has 0 spiro atoms. The maximum Gasteiger partial charge on any atom is 0.0552 e. The molecular formula is C14H28N2O. The van der Waals surface area contributed by atoms with Gasteiger partial charge in [-0.1, -0.05) is 19.3 Å². The van der Waals surface area contributed by atoms with Crippen molar-refractivity contribution in [2.24, 2.45) is 17.6 Å². The van der Waals surface area contributed by atoms with Crippen LogP contribution in [0.4, 0.5) is 0 Å². The standard InChI is InChI=1S/C14H28N2O/c1-11(17)13-7-8-16(10-13)14-6-4-2-3-5-12(14)9-15/h11-14,17H,2-10,15H2,1H3. The van der Waals surface area contributed by atoms with E-state index < -0.39 is 0 Å². The first-order valence-electron chi connectivity index (χ1n) is 7.34. The van der Waals surface area contributed by atoms with Crippen molar-refractivity contribution in [3.8, 4) is 0 Å². The molecule has 0 radical (unpaired) electrons. The van der Waals surface area contributed by atoms with Gasteiger partial charge in [-0.3, -0.25) is 4.90 Å². The van der Waals surface area contributed by atoms with E-state index in [0.29, 0.717) is 17.9 Å². The minimum atomic E-state index is -0.151. The van der Waals surface area contributed by atoms with E-state index in [1.165, 1.54) is 32.1 Å². The molecule has 2 fully saturated rings. The predicted octanol–water partition coefficient (Wildman–Crippen LogP) is 1.60. The fourth-order valence-corrected chi connectivity index (χ4v) is 3.63. The molecule has 0 bridgehead atoms. The van der Waals surface area contributed by atoms with Gasteiger partial charge < -0.3 is 10.8 Å². The van der Waals surface area contributed by atoms with Gasteiger partial charge in [-0.2, -0.15) is 0 Å². The Morgan fingerprint density at radius 1 is 1.24 bits per heavy atom. The van der Waals surface area contributed by atoms with Gasteiger partial charge in [0.1, 0.15) is 0 Å². The van der Waals surface area contributed by atoms with Crippen molar-refractivity contribution in [3.63, 3.8) is 0 Å². The zero-order valence-electron chi connectivity index (χ0n) is 11.1. The largest absolute Gasteiger partial charge is 0.393 e. The fourth-order valence-electron chi connectivity index (χ4n) is 3.63. The van der Waals surface area contributed by atoms with E-state index in [-0.39, 0.29) is 6.10 Å². The molecule has 0 aromatic heterocycles. The smallest absolute Gasteiger partial charge is 0.0552 e. The van der Waals surface area contributed by atoms with Gasteiger partial charge in [0.2, 0.25) is 0 Å². The molecule has 3 nitrogen and oxygen atoms in total. The molecule has 0 amide bonds. The zero-order valence-corrected chi connectivity index (χ0v) is 11.1. The summed E-state index contributed by atoms with van der Waals surface area (Å²) in [5.41, 5.74) is 5.95. The molecule has 3 heteroatoms. The van der Waals surface area contributed by atoms with Crippen molar-refractivity contribution >= 4 is 0 Å². The summed E-state index contributed by atoms with van der Waals surface area (Å²) >= 11 is 0. The molecule has 100 valence electrons. The van der Waals surface area contributed by atoms with Crippen molar-refractivity contribution in [3.05, 3.63) is 0 Å². The maximum atomic E-state index is 9.70. The molecule has 0 aromatic carbocycles. The van der Waals surface area contributed by atoms with Crippen LogP contribution in [0, 0.1) is 11.8 Å². The van der Waals surface area contributed by atoms with E-state index in [1.54, 1.807) is 0 Å². The number of aliphatic hydroxyl groups is 1. The van der Waals surface area contributed by atoms with E-state index >= 15 is 0 Å². The average Bonchev–Trinajstić information content (AvgIpc) is 2.68. The van der Waals surface area contributed by atoms with Crippen LogP contribution in [0.2, 0.25) is 0 Å². The third kappa shape index (κ3) is 3.21. The number of likely N-dealkylation sites (tertiary alicyclic amines) is 1. The van der Waals surface area contributed by atoms with Crippen molar-refractivity contribution in [2.45, 2.75) is 57.6 Å². The van der Waals surface area contributed by atoms with Gasteiger partial charge in [0.05, 0.1) is 6.10 Å². The first-order valence-corrected chi connectivity index (χ1v) is 7.34. The van der Waals surface area contributed by atoms with Crippen molar-refractivity contribution in [2.75, 3.05) is 19.6 Å². The number of rotatable bonds is 3. The first kappa shape index (κ1) is 13.3. The quantitative estimate of drug-likeness (QED) is 0.737. The Balaban J connectivity index is 1.95. The lowest BCUT2D eigenvalue weighted by Gasteiger charge is -2.33. The second kappa shape index (κ2) is 6.17. The molecule has 17 heavy (non-hydrogen) atoms. The van der Waals surface area contributed by atoms with Gasteiger partial charge in [0, 0.05) is 12.6 Å². The summed E-state index contributed by atoms with van der Waals surface area (Å²) in [7, 11) is 0. The monoisotopic (exact) mass is 240 g/mol. The Morgan fingerprint density at radius 2 is 2.00 bits per heavy atom. The fraction of sp³-hybridized carbons (Fsp3) is 1.00. The van der Waals surface area contributed by atoms with Gasteiger partial charge in [0.25, 0.3) is 0 Å². The normalized spacial score (nSPS) is 37.9. The zero-order chi connectivity index (χ0) is 12.3. The molecule has 1 heterocycles. The van der Waals surface area contributed by atoms with Crippen LogP contribution in [0.1, 0.15) is 45.4 Å². The van der Waals surface area contributed by atoms with Gasteiger partial charge in [-0.05, 0) is 51.1 Å². The Labute approximate surface area is 105 Å².